The van der Waals surface area contributed by atoms with Crippen LogP contribution in [-0.4, -0.2) is 43.8 Å². The van der Waals surface area contributed by atoms with E-state index in [-0.39, 0.29) is 35.5 Å². The summed E-state index contributed by atoms with van der Waals surface area (Å²) in [5, 5.41) is 3.49. The number of halogens is 1. The van der Waals surface area contributed by atoms with Crippen LogP contribution in [0.4, 0.5) is 5.69 Å². The maximum absolute atomic E-state index is 14.5. The predicted octanol–water partition coefficient (Wildman–Crippen LogP) is 6.71. The Morgan fingerprint density at radius 1 is 0.844 bits per heavy atom. The number of aryl methyl sites for hydroxylation is 2. The number of sulfonamides is 1. The van der Waals surface area contributed by atoms with E-state index >= 15 is 0 Å². The lowest BCUT2D eigenvalue weighted by atomic mass is 10.0. The Bertz CT molecular complexity index is 1690. The molecular formula is C36H40ClN3O4S. The van der Waals surface area contributed by atoms with Crippen molar-refractivity contribution in [1.82, 2.24) is 10.2 Å². The van der Waals surface area contributed by atoms with Gasteiger partial charge in [0.05, 0.1) is 10.6 Å². The lowest BCUT2D eigenvalue weighted by Gasteiger charge is -2.34. The van der Waals surface area contributed by atoms with Gasteiger partial charge in [0.15, 0.2) is 0 Å². The van der Waals surface area contributed by atoms with Crippen LogP contribution >= 0.6 is 11.6 Å². The smallest absolute Gasteiger partial charge is 0.264 e. The molecule has 0 aliphatic rings. The van der Waals surface area contributed by atoms with Gasteiger partial charge in [0.2, 0.25) is 11.8 Å². The van der Waals surface area contributed by atoms with Gasteiger partial charge in [0.25, 0.3) is 10.0 Å². The van der Waals surface area contributed by atoms with Crippen LogP contribution in [0, 0.1) is 13.8 Å². The SMILES string of the molecule is CCC(C)NC(=O)C(Cc1ccccc1)N(Cc1ccccc1C)C(=O)CN(c1ccc(Cl)cc1)S(=O)(=O)c1ccc(C)cc1. The first-order valence-electron chi connectivity index (χ1n) is 15.0. The second kappa shape index (κ2) is 15.2. The first-order chi connectivity index (χ1) is 21.5. The molecule has 9 heteroatoms. The van der Waals surface area contributed by atoms with Gasteiger partial charge in [-0.3, -0.25) is 13.9 Å². The van der Waals surface area contributed by atoms with Crippen LogP contribution in [0.5, 0.6) is 0 Å². The minimum Gasteiger partial charge on any atom is -0.352 e. The van der Waals surface area contributed by atoms with Crippen molar-refractivity contribution in [2.75, 3.05) is 10.8 Å². The van der Waals surface area contributed by atoms with Gasteiger partial charge in [-0.1, -0.05) is 90.8 Å². The zero-order valence-corrected chi connectivity index (χ0v) is 27.7. The molecule has 4 rings (SSSR count). The van der Waals surface area contributed by atoms with E-state index in [2.05, 4.69) is 5.32 Å². The molecule has 0 saturated carbocycles. The van der Waals surface area contributed by atoms with Crippen LogP contribution in [0.3, 0.4) is 0 Å². The van der Waals surface area contributed by atoms with Crippen molar-refractivity contribution in [3.05, 3.63) is 130 Å². The molecule has 236 valence electrons. The molecule has 0 fully saturated rings. The summed E-state index contributed by atoms with van der Waals surface area (Å²) in [6.07, 6.45) is 0.973. The maximum Gasteiger partial charge on any atom is 0.264 e. The van der Waals surface area contributed by atoms with Gasteiger partial charge in [0, 0.05) is 24.0 Å². The number of nitrogens with zero attached hydrogens (tertiary/aromatic N) is 2. The average Bonchev–Trinajstić information content (AvgIpc) is 3.03. The molecule has 4 aromatic rings. The molecule has 7 nitrogen and oxygen atoms in total. The number of carbonyl (C=O) groups is 2. The number of carbonyl (C=O) groups excluding carboxylic acids is 2. The minimum absolute atomic E-state index is 0.0525. The van der Waals surface area contributed by atoms with Crippen LogP contribution in [0.1, 0.15) is 42.5 Å². The van der Waals surface area contributed by atoms with E-state index in [9.17, 15) is 18.0 Å². The Morgan fingerprint density at radius 3 is 2.09 bits per heavy atom. The zero-order chi connectivity index (χ0) is 32.6. The van der Waals surface area contributed by atoms with Crippen LogP contribution in [0.15, 0.2) is 108 Å². The van der Waals surface area contributed by atoms with Crippen LogP contribution < -0.4 is 9.62 Å². The molecule has 1 N–H and O–H groups in total. The molecule has 2 unspecified atom stereocenters. The fraction of sp³-hybridized carbons (Fsp3) is 0.278. The first kappa shape index (κ1) is 33.7. The predicted molar refractivity (Wildman–Crippen MR) is 181 cm³/mol. The van der Waals surface area contributed by atoms with E-state index in [0.29, 0.717) is 11.4 Å². The number of nitrogens with one attached hydrogen (secondary N) is 1. The second-order valence-corrected chi connectivity index (χ2v) is 13.6. The van der Waals surface area contributed by atoms with Crippen LogP contribution in [0.25, 0.3) is 0 Å². The number of anilines is 1. The van der Waals surface area contributed by atoms with Crippen LogP contribution in [-0.2, 0) is 32.6 Å². The molecule has 2 atom stereocenters. The van der Waals surface area contributed by atoms with E-state index in [1.54, 1.807) is 36.4 Å². The van der Waals surface area contributed by atoms with Crippen molar-refractivity contribution in [3.8, 4) is 0 Å². The Hall–Kier alpha value is -4.14. The average molecular weight is 646 g/mol. The van der Waals surface area contributed by atoms with E-state index in [1.807, 2.05) is 82.3 Å². The fourth-order valence-electron chi connectivity index (χ4n) is 4.94. The lowest BCUT2D eigenvalue weighted by Crippen LogP contribution is -2.54. The van der Waals surface area contributed by atoms with E-state index in [0.717, 1.165) is 26.6 Å². The lowest BCUT2D eigenvalue weighted by molar-refractivity contribution is -0.140. The van der Waals surface area contributed by atoms with Crippen molar-refractivity contribution < 1.29 is 18.0 Å². The Labute approximate surface area is 271 Å². The van der Waals surface area contributed by atoms with Crippen molar-refractivity contribution in [3.63, 3.8) is 0 Å². The zero-order valence-electron chi connectivity index (χ0n) is 26.1. The van der Waals surface area contributed by atoms with Gasteiger partial charge < -0.3 is 10.2 Å². The molecule has 0 aromatic heterocycles. The summed E-state index contributed by atoms with van der Waals surface area (Å²) < 4.78 is 29.3. The van der Waals surface area contributed by atoms with E-state index < -0.39 is 28.5 Å². The number of rotatable bonds is 13. The number of hydrogen-bond acceptors (Lipinski definition) is 4. The third kappa shape index (κ3) is 8.74. The van der Waals surface area contributed by atoms with Gasteiger partial charge in [-0.05, 0) is 80.3 Å². The second-order valence-electron chi connectivity index (χ2n) is 11.3. The minimum atomic E-state index is -4.18. The summed E-state index contributed by atoms with van der Waals surface area (Å²) >= 11 is 6.15. The highest BCUT2D eigenvalue weighted by Gasteiger charge is 2.35. The molecule has 0 bridgehead atoms. The standard InChI is InChI=1S/C36H40ClN3O4S/c1-5-28(4)38-36(42)34(23-29-12-7-6-8-13-29)39(24-30-14-10-9-11-27(30)3)35(41)25-40(32-19-17-31(37)18-20-32)45(43,44)33-21-15-26(2)16-22-33/h6-22,28,34H,5,23-25H2,1-4H3,(H,38,42). The molecule has 0 spiro atoms. The third-order valence-corrected chi connectivity index (χ3v) is 9.92. The topological polar surface area (TPSA) is 86.8 Å². The summed E-state index contributed by atoms with van der Waals surface area (Å²) in [5.74, 6) is -0.807. The Kier molecular flexibility index (Phi) is 11.4. The Balaban J connectivity index is 1.81. The third-order valence-electron chi connectivity index (χ3n) is 7.88. The molecule has 45 heavy (non-hydrogen) atoms. The fourth-order valence-corrected chi connectivity index (χ4v) is 6.48. The quantitative estimate of drug-likeness (QED) is 0.175. The summed E-state index contributed by atoms with van der Waals surface area (Å²) in [4.78, 5) is 30.0. The highest BCUT2D eigenvalue weighted by molar-refractivity contribution is 7.92. The summed E-state index contributed by atoms with van der Waals surface area (Å²) in [6, 6.07) is 29.0. The largest absolute Gasteiger partial charge is 0.352 e. The number of benzene rings is 4. The van der Waals surface area contributed by atoms with Crippen molar-refractivity contribution in [1.29, 1.82) is 0 Å². The summed E-state index contributed by atoms with van der Waals surface area (Å²) in [7, 11) is -4.18. The van der Waals surface area contributed by atoms with Crippen molar-refractivity contribution in [2.45, 2.75) is 64.1 Å². The molecule has 0 radical (unpaired) electrons. The molecule has 0 aliphatic carbocycles. The summed E-state index contributed by atoms with van der Waals surface area (Å²) in [6.45, 7) is 7.32. The molecule has 4 aromatic carbocycles. The molecule has 0 aliphatic heterocycles. The highest BCUT2D eigenvalue weighted by Crippen LogP contribution is 2.27. The molecule has 2 amide bonds. The highest BCUT2D eigenvalue weighted by atomic mass is 35.5. The van der Waals surface area contributed by atoms with E-state index in [1.165, 1.54) is 17.0 Å². The van der Waals surface area contributed by atoms with Gasteiger partial charge in [-0.2, -0.15) is 0 Å². The number of amides is 2. The molecule has 0 heterocycles. The van der Waals surface area contributed by atoms with Gasteiger partial charge in [0.1, 0.15) is 12.6 Å². The molecule has 0 saturated heterocycles. The monoisotopic (exact) mass is 645 g/mol. The van der Waals surface area contributed by atoms with Gasteiger partial charge in [-0.15, -0.1) is 0 Å². The maximum atomic E-state index is 14.5. The van der Waals surface area contributed by atoms with Crippen LogP contribution in [0.2, 0.25) is 5.02 Å². The summed E-state index contributed by atoms with van der Waals surface area (Å²) in [5.41, 5.74) is 3.89. The molecular weight excluding hydrogens is 606 g/mol. The van der Waals surface area contributed by atoms with Gasteiger partial charge >= 0.3 is 0 Å². The van der Waals surface area contributed by atoms with E-state index in [4.69, 9.17) is 11.6 Å². The normalized spacial score (nSPS) is 12.6. The Morgan fingerprint density at radius 2 is 1.47 bits per heavy atom. The number of hydrogen-bond donors (Lipinski definition) is 1. The van der Waals surface area contributed by atoms with Gasteiger partial charge in [-0.25, -0.2) is 8.42 Å². The first-order valence-corrected chi connectivity index (χ1v) is 16.8. The van der Waals surface area contributed by atoms with Crippen molar-refractivity contribution in [2.24, 2.45) is 0 Å². The van der Waals surface area contributed by atoms with Crippen molar-refractivity contribution >= 4 is 39.1 Å².